The van der Waals surface area contributed by atoms with E-state index in [4.69, 9.17) is 0 Å². The molecular formula is C17H25N3O3S. The standard InChI is InChI=1S/C17H25N3O3S/c1-13-5-6-15(24(22,23)20-9-3-2-4-10-20)11-16(13)17(21)19-14-7-8-18-12-14/h5-6,11,14,18H,2-4,7-10,12H2,1H3,(H,19,21). The summed E-state index contributed by atoms with van der Waals surface area (Å²) >= 11 is 0. The lowest BCUT2D eigenvalue weighted by molar-refractivity contribution is 0.0939. The van der Waals surface area contributed by atoms with Crippen molar-refractivity contribution in [1.29, 1.82) is 0 Å². The fourth-order valence-electron chi connectivity index (χ4n) is 3.30. The molecule has 2 aliphatic rings. The van der Waals surface area contributed by atoms with Crippen molar-refractivity contribution in [2.45, 2.75) is 43.5 Å². The van der Waals surface area contributed by atoms with Crippen molar-refractivity contribution in [3.8, 4) is 0 Å². The molecule has 2 heterocycles. The van der Waals surface area contributed by atoms with E-state index in [1.54, 1.807) is 12.1 Å². The summed E-state index contributed by atoms with van der Waals surface area (Å²) in [6.07, 6.45) is 3.76. The number of nitrogens with one attached hydrogen (secondary N) is 2. The summed E-state index contributed by atoms with van der Waals surface area (Å²) in [4.78, 5) is 12.7. The number of nitrogens with zero attached hydrogens (tertiary/aromatic N) is 1. The normalized spacial score (nSPS) is 22.5. The average Bonchev–Trinajstić information content (AvgIpc) is 3.08. The molecule has 1 aromatic carbocycles. The van der Waals surface area contributed by atoms with Crippen LogP contribution in [-0.4, -0.2) is 50.9 Å². The summed E-state index contributed by atoms with van der Waals surface area (Å²) < 4.78 is 27.1. The van der Waals surface area contributed by atoms with Crippen LogP contribution in [0.15, 0.2) is 23.1 Å². The molecule has 1 unspecified atom stereocenters. The van der Waals surface area contributed by atoms with E-state index in [0.717, 1.165) is 44.3 Å². The van der Waals surface area contributed by atoms with E-state index in [-0.39, 0.29) is 16.8 Å². The second kappa shape index (κ2) is 7.21. The Morgan fingerprint density at radius 1 is 1.25 bits per heavy atom. The highest BCUT2D eigenvalue weighted by molar-refractivity contribution is 7.89. The third-order valence-electron chi connectivity index (χ3n) is 4.80. The maximum Gasteiger partial charge on any atom is 0.251 e. The summed E-state index contributed by atoms with van der Waals surface area (Å²) in [5.41, 5.74) is 1.23. The van der Waals surface area contributed by atoms with Gasteiger partial charge in [-0.1, -0.05) is 12.5 Å². The van der Waals surface area contributed by atoms with Crippen molar-refractivity contribution in [3.05, 3.63) is 29.3 Å². The molecule has 3 rings (SSSR count). The quantitative estimate of drug-likeness (QED) is 0.856. The molecule has 1 amide bonds. The van der Waals surface area contributed by atoms with Gasteiger partial charge in [-0.05, 0) is 50.4 Å². The van der Waals surface area contributed by atoms with Crippen molar-refractivity contribution in [3.63, 3.8) is 0 Å². The monoisotopic (exact) mass is 351 g/mol. The molecular weight excluding hydrogens is 326 g/mol. The lowest BCUT2D eigenvalue weighted by Crippen LogP contribution is -2.37. The van der Waals surface area contributed by atoms with Gasteiger partial charge in [0.15, 0.2) is 0 Å². The molecule has 6 nitrogen and oxygen atoms in total. The predicted molar refractivity (Wildman–Crippen MR) is 92.5 cm³/mol. The van der Waals surface area contributed by atoms with Crippen LogP contribution in [0.1, 0.15) is 41.6 Å². The largest absolute Gasteiger partial charge is 0.348 e. The Balaban J connectivity index is 1.83. The Labute approximate surface area is 143 Å². The zero-order valence-corrected chi connectivity index (χ0v) is 14.9. The fraction of sp³-hybridized carbons (Fsp3) is 0.588. The third-order valence-corrected chi connectivity index (χ3v) is 6.70. The van der Waals surface area contributed by atoms with Crippen LogP contribution in [0.2, 0.25) is 0 Å². The number of piperidine rings is 1. The number of carbonyl (C=O) groups is 1. The summed E-state index contributed by atoms with van der Waals surface area (Å²) in [6, 6.07) is 4.96. The SMILES string of the molecule is Cc1ccc(S(=O)(=O)N2CCCCC2)cc1C(=O)NC1CCNC1. The molecule has 1 aromatic rings. The minimum Gasteiger partial charge on any atom is -0.348 e. The van der Waals surface area contributed by atoms with Crippen LogP contribution in [0.4, 0.5) is 0 Å². The van der Waals surface area contributed by atoms with Crippen molar-refractivity contribution in [2.75, 3.05) is 26.2 Å². The Morgan fingerprint density at radius 3 is 2.67 bits per heavy atom. The Hall–Kier alpha value is -1.44. The van der Waals surface area contributed by atoms with Crippen LogP contribution in [-0.2, 0) is 10.0 Å². The molecule has 2 fully saturated rings. The van der Waals surface area contributed by atoms with Gasteiger partial charge in [-0.25, -0.2) is 8.42 Å². The second-order valence-electron chi connectivity index (χ2n) is 6.60. The van der Waals surface area contributed by atoms with E-state index in [1.807, 2.05) is 6.92 Å². The van der Waals surface area contributed by atoms with Gasteiger partial charge in [0.05, 0.1) is 4.90 Å². The molecule has 0 aliphatic carbocycles. The molecule has 2 saturated heterocycles. The third kappa shape index (κ3) is 3.63. The first-order valence-electron chi connectivity index (χ1n) is 8.61. The lowest BCUT2D eigenvalue weighted by atomic mass is 10.1. The summed E-state index contributed by atoms with van der Waals surface area (Å²) in [6.45, 7) is 4.61. The highest BCUT2D eigenvalue weighted by Gasteiger charge is 2.27. The van der Waals surface area contributed by atoms with Crippen molar-refractivity contribution in [2.24, 2.45) is 0 Å². The molecule has 1 atom stereocenters. The molecule has 2 N–H and O–H groups in total. The fourth-order valence-corrected chi connectivity index (χ4v) is 4.85. The van der Waals surface area contributed by atoms with Crippen molar-refractivity contribution < 1.29 is 13.2 Å². The number of sulfonamides is 1. The molecule has 7 heteroatoms. The highest BCUT2D eigenvalue weighted by atomic mass is 32.2. The van der Waals surface area contributed by atoms with Crippen LogP contribution in [0.25, 0.3) is 0 Å². The molecule has 2 aliphatic heterocycles. The first kappa shape index (κ1) is 17.4. The molecule has 132 valence electrons. The number of rotatable bonds is 4. The summed E-state index contributed by atoms with van der Waals surface area (Å²) in [7, 11) is -3.52. The maximum absolute atomic E-state index is 12.8. The van der Waals surface area contributed by atoms with Crippen LogP contribution in [0.3, 0.4) is 0 Å². The molecule has 0 radical (unpaired) electrons. The van der Waals surface area contributed by atoms with Crippen molar-refractivity contribution >= 4 is 15.9 Å². The molecule has 0 saturated carbocycles. The van der Waals surface area contributed by atoms with E-state index in [0.29, 0.717) is 18.7 Å². The van der Waals surface area contributed by atoms with Gasteiger partial charge < -0.3 is 10.6 Å². The first-order chi connectivity index (χ1) is 11.5. The van der Waals surface area contributed by atoms with Gasteiger partial charge in [-0.3, -0.25) is 4.79 Å². The maximum atomic E-state index is 12.8. The van der Waals surface area contributed by atoms with Crippen LogP contribution >= 0.6 is 0 Å². The molecule has 24 heavy (non-hydrogen) atoms. The lowest BCUT2D eigenvalue weighted by Gasteiger charge is -2.26. The topological polar surface area (TPSA) is 78.5 Å². The van der Waals surface area contributed by atoms with E-state index in [9.17, 15) is 13.2 Å². The van der Waals surface area contributed by atoms with Gasteiger partial charge in [0.25, 0.3) is 5.91 Å². The van der Waals surface area contributed by atoms with E-state index < -0.39 is 10.0 Å². The van der Waals surface area contributed by atoms with Gasteiger partial charge in [0.2, 0.25) is 10.0 Å². The van der Waals surface area contributed by atoms with Crippen LogP contribution in [0.5, 0.6) is 0 Å². The minimum absolute atomic E-state index is 0.110. The van der Waals surface area contributed by atoms with Crippen LogP contribution in [0, 0.1) is 6.92 Å². The number of amides is 1. The van der Waals surface area contributed by atoms with Crippen molar-refractivity contribution in [1.82, 2.24) is 14.9 Å². The van der Waals surface area contributed by atoms with E-state index in [1.165, 1.54) is 10.4 Å². The molecule has 0 spiro atoms. The second-order valence-corrected chi connectivity index (χ2v) is 8.54. The van der Waals surface area contributed by atoms with Gasteiger partial charge in [-0.15, -0.1) is 0 Å². The average molecular weight is 351 g/mol. The number of benzene rings is 1. The first-order valence-corrected chi connectivity index (χ1v) is 10.0. The number of carbonyl (C=O) groups excluding carboxylic acids is 1. The Bertz CT molecular complexity index is 706. The number of aryl methyl sites for hydroxylation is 1. The zero-order valence-electron chi connectivity index (χ0n) is 14.0. The van der Waals surface area contributed by atoms with E-state index >= 15 is 0 Å². The summed E-state index contributed by atoms with van der Waals surface area (Å²) in [5, 5.41) is 6.19. The van der Waals surface area contributed by atoms with Gasteiger partial charge in [0.1, 0.15) is 0 Å². The smallest absolute Gasteiger partial charge is 0.251 e. The predicted octanol–water partition coefficient (Wildman–Crippen LogP) is 1.26. The van der Waals surface area contributed by atoms with E-state index in [2.05, 4.69) is 10.6 Å². The Kier molecular flexibility index (Phi) is 5.22. The zero-order chi connectivity index (χ0) is 17.2. The molecule has 0 aromatic heterocycles. The van der Waals surface area contributed by atoms with Gasteiger partial charge in [-0.2, -0.15) is 4.31 Å². The molecule has 0 bridgehead atoms. The van der Waals surface area contributed by atoms with Gasteiger partial charge in [0, 0.05) is 31.2 Å². The van der Waals surface area contributed by atoms with Gasteiger partial charge >= 0.3 is 0 Å². The minimum atomic E-state index is -3.52. The summed E-state index contributed by atoms with van der Waals surface area (Å²) in [5.74, 6) is -0.197. The van der Waals surface area contributed by atoms with Crippen LogP contribution < -0.4 is 10.6 Å². The Morgan fingerprint density at radius 2 is 2.00 bits per heavy atom. The number of hydrogen-bond acceptors (Lipinski definition) is 4. The highest BCUT2D eigenvalue weighted by Crippen LogP contribution is 2.23. The number of hydrogen-bond donors (Lipinski definition) is 2.